The molecule has 1 heterocycles. The largest absolute Gasteiger partial charge is 0.436 e. The maximum Gasteiger partial charge on any atom is 0.248 e. The van der Waals surface area contributed by atoms with Gasteiger partial charge in [-0.1, -0.05) is 61.8 Å². The summed E-state index contributed by atoms with van der Waals surface area (Å²) < 4.78 is 5.85. The van der Waals surface area contributed by atoms with Gasteiger partial charge in [0.15, 0.2) is 5.58 Å². The third kappa shape index (κ3) is 4.44. The van der Waals surface area contributed by atoms with Gasteiger partial charge in [0.1, 0.15) is 5.52 Å². The second-order valence-corrected chi connectivity index (χ2v) is 7.76. The molecule has 1 aromatic heterocycles. The van der Waals surface area contributed by atoms with E-state index < -0.39 is 0 Å². The van der Waals surface area contributed by atoms with Gasteiger partial charge in [-0.25, -0.2) is 4.98 Å². The number of anilines is 1. The third-order valence-electron chi connectivity index (χ3n) is 4.80. The van der Waals surface area contributed by atoms with E-state index in [1.54, 1.807) is 24.3 Å². The zero-order valence-corrected chi connectivity index (χ0v) is 17.5. The Morgan fingerprint density at radius 3 is 2.60 bits per heavy atom. The first-order valence-electron chi connectivity index (χ1n) is 9.74. The van der Waals surface area contributed by atoms with Crippen molar-refractivity contribution in [2.24, 2.45) is 0 Å². The van der Waals surface area contributed by atoms with Crippen molar-refractivity contribution < 1.29 is 9.21 Å². The molecule has 1 amide bonds. The number of amides is 1. The minimum atomic E-state index is -0.227. The number of fused-ring (bicyclic) bond motifs is 1. The highest BCUT2D eigenvalue weighted by Crippen LogP contribution is 2.31. The Bertz CT molecular complexity index is 1220. The highest BCUT2D eigenvalue weighted by molar-refractivity contribution is 6.31. The number of aromatic nitrogens is 1. The first-order valence-corrected chi connectivity index (χ1v) is 10.1. The summed E-state index contributed by atoms with van der Waals surface area (Å²) in [7, 11) is 0. The molecule has 4 rings (SSSR count). The summed E-state index contributed by atoms with van der Waals surface area (Å²) in [6.07, 6.45) is 3.32. The number of hydrogen-bond donors (Lipinski definition) is 1. The van der Waals surface area contributed by atoms with E-state index in [0.717, 1.165) is 5.56 Å². The lowest BCUT2D eigenvalue weighted by molar-refractivity contribution is -0.111. The van der Waals surface area contributed by atoms with Crippen molar-refractivity contribution in [2.45, 2.75) is 19.8 Å². The lowest BCUT2D eigenvalue weighted by Crippen LogP contribution is -2.08. The molecule has 0 spiro atoms. The normalized spacial score (nSPS) is 11.5. The molecule has 3 aromatic carbocycles. The van der Waals surface area contributed by atoms with Crippen LogP contribution in [0.25, 0.3) is 28.6 Å². The van der Waals surface area contributed by atoms with Gasteiger partial charge in [-0.15, -0.1) is 0 Å². The van der Waals surface area contributed by atoms with Crippen LogP contribution in [0.3, 0.4) is 0 Å². The molecule has 0 aliphatic carbocycles. The molecule has 4 nitrogen and oxygen atoms in total. The first kappa shape index (κ1) is 19.9. The highest BCUT2D eigenvalue weighted by atomic mass is 35.5. The maximum absolute atomic E-state index is 12.5. The lowest BCUT2D eigenvalue weighted by atomic mass is 10.0. The fraction of sp³-hybridized carbons (Fsp3) is 0.120. The van der Waals surface area contributed by atoms with Crippen LogP contribution < -0.4 is 5.32 Å². The van der Waals surface area contributed by atoms with Crippen molar-refractivity contribution in [3.63, 3.8) is 0 Å². The molecule has 0 saturated heterocycles. The number of carbonyl (C=O) groups excluding carboxylic acids is 1. The zero-order valence-electron chi connectivity index (χ0n) is 16.7. The molecule has 150 valence electrons. The van der Waals surface area contributed by atoms with E-state index in [0.29, 0.717) is 39.2 Å². The Balaban J connectivity index is 1.54. The van der Waals surface area contributed by atoms with E-state index in [1.165, 1.54) is 11.6 Å². The minimum absolute atomic E-state index is 0.227. The Hall–Kier alpha value is -3.37. The van der Waals surface area contributed by atoms with Gasteiger partial charge in [0.2, 0.25) is 11.8 Å². The topological polar surface area (TPSA) is 55.1 Å². The minimum Gasteiger partial charge on any atom is -0.436 e. The molecule has 1 N–H and O–H groups in total. The molecule has 0 radical (unpaired) electrons. The summed E-state index contributed by atoms with van der Waals surface area (Å²) in [5.41, 5.74) is 4.88. The Kier molecular flexibility index (Phi) is 5.68. The SMILES string of the molecule is CC(C)c1ccc(C=CC(=O)Nc2ccccc2-c2nc3cc(Cl)ccc3o2)cc1. The number of hydrogen-bond acceptors (Lipinski definition) is 3. The second kappa shape index (κ2) is 8.56. The molecule has 4 aromatic rings. The molecular formula is C25H21ClN2O2. The van der Waals surface area contributed by atoms with E-state index >= 15 is 0 Å². The van der Waals surface area contributed by atoms with Gasteiger partial charge in [0.05, 0.1) is 11.3 Å². The Morgan fingerprint density at radius 2 is 1.83 bits per heavy atom. The number of halogens is 1. The average molecular weight is 417 g/mol. The van der Waals surface area contributed by atoms with Crippen LogP contribution in [-0.2, 0) is 4.79 Å². The van der Waals surface area contributed by atoms with Crippen molar-refractivity contribution in [3.8, 4) is 11.5 Å². The Morgan fingerprint density at radius 1 is 1.07 bits per heavy atom. The molecule has 0 bridgehead atoms. The van der Waals surface area contributed by atoms with Crippen molar-refractivity contribution in [2.75, 3.05) is 5.32 Å². The molecule has 0 saturated carbocycles. The molecule has 0 atom stereocenters. The van der Waals surface area contributed by atoms with Crippen molar-refractivity contribution >= 4 is 40.4 Å². The van der Waals surface area contributed by atoms with Gasteiger partial charge < -0.3 is 9.73 Å². The predicted molar refractivity (Wildman–Crippen MR) is 123 cm³/mol. The van der Waals surface area contributed by atoms with Gasteiger partial charge in [0.25, 0.3) is 0 Å². The number of nitrogens with zero attached hydrogens (tertiary/aromatic N) is 1. The first-order chi connectivity index (χ1) is 14.5. The quantitative estimate of drug-likeness (QED) is 0.359. The van der Waals surface area contributed by atoms with Gasteiger partial charge in [0, 0.05) is 11.1 Å². The van der Waals surface area contributed by atoms with Crippen LogP contribution in [0.1, 0.15) is 30.9 Å². The van der Waals surface area contributed by atoms with Crippen LogP contribution in [-0.4, -0.2) is 10.9 Å². The second-order valence-electron chi connectivity index (χ2n) is 7.32. The van der Waals surface area contributed by atoms with Crippen LogP contribution in [0, 0.1) is 0 Å². The lowest BCUT2D eigenvalue weighted by Gasteiger charge is -2.07. The molecule has 5 heteroatoms. The van der Waals surface area contributed by atoms with E-state index in [-0.39, 0.29) is 5.91 Å². The molecule has 0 unspecified atom stereocenters. The molecule has 0 aliphatic rings. The smallest absolute Gasteiger partial charge is 0.248 e. The van der Waals surface area contributed by atoms with Gasteiger partial charge in [-0.05, 0) is 53.5 Å². The zero-order chi connectivity index (χ0) is 21.1. The number of rotatable bonds is 5. The molecule has 30 heavy (non-hydrogen) atoms. The van der Waals surface area contributed by atoms with Crippen molar-refractivity contribution in [3.05, 3.63) is 89.0 Å². The molecule has 0 aliphatic heterocycles. The number of para-hydroxylation sites is 1. The average Bonchev–Trinajstić information content (AvgIpc) is 3.16. The van der Waals surface area contributed by atoms with E-state index in [1.807, 2.05) is 36.4 Å². The van der Waals surface area contributed by atoms with E-state index in [4.69, 9.17) is 16.0 Å². The number of oxazole rings is 1. The fourth-order valence-electron chi connectivity index (χ4n) is 3.13. The van der Waals surface area contributed by atoms with Gasteiger partial charge >= 0.3 is 0 Å². The summed E-state index contributed by atoms with van der Waals surface area (Å²) in [5.74, 6) is 0.677. The summed E-state index contributed by atoms with van der Waals surface area (Å²) in [4.78, 5) is 17.0. The van der Waals surface area contributed by atoms with E-state index in [9.17, 15) is 4.79 Å². The van der Waals surface area contributed by atoms with Crippen molar-refractivity contribution in [1.29, 1.82) is 0 Å². The van der Waals surface area contributed by atoms with Crippen LogP contribution in [0.2, 0.25) is 5.02 Å². The van der Waals surface area contributed by atoms with Crippen LogP contribution in [0.15, 0.2) is 77.2 Å². The van der Waals surface area contributed by atoms with Crippen molar-refractivity contribution in [1.82, 2.24) is 4.98 Å². The highest BCUT2D eigenvalue weighted by Gasteiger charge is 2.13. The van der Waals surface area contributed by atoms with Crippen LogP contribution in [0.5, 0.6) is 0 Å². The predicted octanol–water partition coefficient (Wildman–Crippen LogP) is 6.92. The maximum atomic E-state index is 12.5. The monoisotopic (exact) mass is 416 g/mol. The number of benzene rings is 3. The van der Waals surface area contributed by atoms with Crippen LogP contribution in [0.4, 0.5) is 5.69 Å². The van der Waals surface area contributed by atoms with Gasteiger partial charge in [-0.2, -0.15) is 0 Å². The Labute approximate surface area is 180 Å². The van der Waals surface area contributed by atoms with Gasteiger partial charge in [-0.3, -0.25) is 4.79 Å². The summed E-state index contributed by atoms with van der Waals surface area (Å²) in [5, 5.41) is 3.51. The third-order valence-corrected chi connectivity index (χ3v) is 5.03. The standard InChI is InChI=1S/C25H21ClN2O2/c1-16(2)18-10-7-17(8-11-18)9-14-24(29)27-21-6-4-3-5-20(21)25-28-22-15-19(26)12-13-23(22)30-25/h3-16H,1-2H3,(H,27,29). The summed E-state index contributed by atoms with van der Waals surface area (Å²) in [6.45, 7) is 4.31. The van der Waals surface area contributed by atoms with E-state index in [2.05, 4.69) is 36.3 Å². The fourth-order valence-corrected chi connectivity index (χ4v) is 3.30. The van der Waals surface area contributed by atoms with Crippen LogP contribution >= 0.6 is 11.6 Å². The summed E-state index contributed by atoms with van der Waals surface area (Å²) in [6, 6.07) is 20.9. The summed E-state index contributed by atoms with van der Waals surface area (Å²) >= 11 is 6.04. The molecule has 0 fully saturated rings. The number of carbonyl (C=O) groups is 1. The molecular weight excluding hydrogens is 396 g/mol. The number of nitrogens with one attached hydrogen (secondary N) is 1.